The van der Waals surface area contributed by atoms with E-state index < -0.39 is 0 Å². The van der Waals surface area contributed by atoms with Crippen molar-refractivity contribution < 1.29 is 0 Å². The van der Waals surface area contributed by atoms with Gasteiger partial charge in [0.05, 0.1) is 11.4 Å². The smallest absolute Gasteiger partial charge is 0.0643 e. The number of fused-ring (bicyclic) bond motifs is 1. The summed E-state index contributed by atoms with van der Waals surface area (Å²) in [5.41, 5.74) is 2.38. The van der Waals surface area contributed by atoms with Crippen molar-refractivity contribution in [2.75, 3.05) is 17.3 Å². The van der Waals surface area contributed by atoms with Crippen LogP contribution in [0.15, 0.2) is 36.7 Å². The van der Waals surface area contributed by atoms with Gasteiger partial charge in [0.15, 0.2) is 0 Å². The second kappa shape index (κ2) is 2.31. The molecule has 0 radical (unpaired) electrons. The number of nitrogens with zero attached hydrogens (tertiary/aromatic N) is 1. The third-order valence-electron chi connectivity index (χ3n) is 1.82. The van der Waals surface area contributed by atoms with E-state index >= 15 is 0 Å². The molecule has 0 saturated heterocycles. The maximum atomic E-state index is 3.17. The van der Waals surface area contributed by atoms with Crippen molar-refractivity contribution >= 4 is 11.4 Å². The fourth-order valence-electron chi connectivity index (χ4n) is 1.22. The van der Waals surface area contributed by atoms with Crippen molar-refractivity contribution in [1.82, 2.24) is 0 Å². The lowest BCUT2D eigenvalue weighted by Gasteiger charge is -2.22. The van der Waals surface area contributed by atoms with Gasteiger partial charge >= 0.3 is 0 Å². The van der Waals surface area contributed by atoms with Crippen LogP contribution in [0.2, 0.25) is 0 Å². The molecule has 0 unspecified atom stereocenters. The lowest BCUT2D eigenvalue weighted by Crippen LogP contribution is -2.14. The van der Waals surface area contributed by atoms with Crippen LogP contribution in [-0.2, 0) is 0 Å². The van der Waals surface area contributed by atoms with Crippen molar-refractivity contribution in [3.05, 3.63) is 36.7 Å². The maximum Gasteiger partial charge on any atom is 0.0643 e. The van der Waals surface area contributed by atoms with Crippen LogP contribution < -0.4 is 10.2 Å². The van der Waals surface area contributed by atoms with Gasteiger partial charge in [-0.3, -0.25) is 0 Å². The number of hydrogen-bond donors (Lipinski definition) is 1. The summed E-state index contributed by atoms with van der Waals surface area (Å²) < 4.78 is 0. The normalized spacial score (nSPS) is 14.1. The highest BCUT2D eigenvalue weighted by atomic mass is 15.1. The van der Waals surface area contributed by atoms with Gasteiger partial charge in [0.25, 0.3) is 0 Å². The standard InChI is InChI=1S/C9H10N2/c1-11-7-6-10-8-4-2-3-5-9(8)11/h2-7,10H,1H3. The van der Waals surface area contributed by atoms with Crippen molar-refractivity contribution in [3.8, 4) is 0 Å². The topological polar surface area (TPSA) is 15.3 Å². The number of nitrogens with one attached hydrogen (secondary N) is 1. The molecule has 1 aromatic rings. The Morgan fingerprint density at radius 1 is 1.27 bits per heavy atom. The summed E-state index contributed by atoms with van der Waals surface area (Å²) in [6, 6.07) is 8.22. The molecule has 1 aliphatic heterocycles. The predicted octanol–water partition coefficient (Wildman–Crippen LogP) is 2.02. The Bertz CT molecular complexity index is 291. The first-order valence-electron chi connectivity index (χ1n) is 3.63. The third-order valence-corrected chi connectivity index (χ3v) is 1.82. The molecule has 0 aliphatic carbocycles. The lowest BCUT2D eigenvalue weighted by molar-refractivity contribution is 1.18. The minimum absolute atomic E-state index is 1.16. The molecule has 1 aliphatic rings. The first-order valence-corrected chi connectivity index (χ1v) is 3.63. The van der Waals surface area contributed by atoms with Crippen LogP contribution in [-0.4, -0.2) is 7.05 Å². The fourth-order valence-corrected chi connectivity index (χ4v) is 1.22. The van der Waals surface area contributed by atoms with Gasteiger partial charge in [-0.1, -0.05) is 12.1 Å². The Morgan fingerprint density at radius 3 is 2.91 bits per heavy atom. The summed E-state index contributed by atoms with van der Waals surface area (Å²) >= 11 is 0. The van der Waals surface area contributed by atoms with E-state index in [1.807, 2.05) is 31.6 Å². The molecule has 0 saturated carbocycles. The molecule has 0 fully saturated rings. The molecular formula is C9H10N2. The highest BCUT2D eigenvalue weighted by Gasteiger charge is 2.05. The van der Waals surface area contributed by atoms with Gasteiger partial charge in [0.1, 0.15) is 0 Å². The van der Waals surface area contributed by atoms with Gasteiger partial charge < -0.3 is 10.2 Å². The van der Waals surface area contributed by atoms with Crippen LogP contribution in [0.4, 0.5) is 11.4 Å². The number of anilines is 2. The van der Waals surface area contributed by atoms with E-state index in [0.717, 1.165) is 5.69 Å². The van der Waals surface area contributed by atoms with E-state index in [4.69, 9.17) is 0 Å². The first kappa shape index (κ1) is 6.28. The molecule has 1 aromatic carbocycles. The molecule has 2 rings (SSSR count). The van der Waals surface area contributed by atoms with Gasteiger partial charge in [-0.2, -0.15) is 0 Å². The minimum atomic E-state index is 1.16. The van der Waals surface area contributed by atoms with Crippen molar-refractivity contribution in [2.24, 2.45) is 0 Å². The SMILES string of the molecule is CN1C=CNc2ccccc21. The van der Waals surface area contributed by atoms with Gasteiger partial charge in [0, 0.05) is 19.4 Å². The molecule has 0 bridgehead atoms. The highest BCUT2D eigenvalue weighted by Crippen LogP contribution is 2.26. The van der Waals surface area contributed by atoms with Crippen molar-refractivity contribution in [3.63, 3.8) is 0 Å². The Kier molecular flexibility index (Phi) is 1.32. The number of para-hydroxylation sites is 2. The molecular weight excluding hydrogens is 136 g/mol. The lowest BCUT2D eigenvalue weighted by atomic mass is 10.2. The first-order chi connectivity index (χ1) is 5.38. The molecule has 2 heteroatoms. The number of hydrogen-bond acceptors (Lipinski definition) is 2. The van der Waals surface area contributed by atoms with E-state index in [2.05, 4.69) is 22.3 Å². The minimum Gasteiger partial charge on any atom is -0.359 e. The zero-order chi connectivity index (χ0) is 7.68. The molecule has 0 atom stereocenters. The van der Waals surface area contributed by atoms with E-state index in [-0.39, 0.29) is 0 Å². The van der Waals surface area contributed by atoms with E-state index in [1.165, 1.54) is 5.69 Å². The third kappa shape index (κ3) is 0.963. The fraction of sp³-hybridized carbons (Fsp3) is 0.111. The second-order valence-electron chi connectivity index (χ2n) is 2.59. The van der Waals surface area contributed by atoms with Gasteiger partial charge in [-0.25, -0.2) is 0 Å². The molecule has 2 nitrogen and oxygen atoms in total. The van der Waals surface area contributed by atoms with Gasteiger partial charge in [-0.15, -0.1) is 0 Å². The van der Waals surface area contributed by atoms with E-state index in [1.54, 1.807) is 0 Å². The maximum absolute atomic E-state index is 3.17. The quantitative estimate of drug-likeness (QED) is 0.602. The molecule has 1 heterocycles. The largest absolute Gasteiger partial charge is 0.359 e. The van der Waals surface area contributed by atoms with Crippen LogP contribution in [0.25, 0.3) is 0 Å². The number of rotatable bonds is 0. The predicted molar refractivity (Wildman–Crippen MR) is 47.6 cm³/mol. The summed E-state index contributed by atoms with van der Waals surface area (Å²) in [7, 11) is 2.04. The zero-order valence-electron chi connectivity index (χ0n) is 6.41. The summed E-state index contributed by atoms with van der Waals surface area (Å²) in [4.78, 5) is 2.09. The van der Waals surface area contributed by atoms with Gasteiger partial charge in [-0.05, 0) is 12.1 Å². The van der Waals surface area contributed by atoms with Crippen LogP contribution in [0, 0.1) is 0 Å². The Hall–Kier alpha value is -1.44. The summed E-state index contributed by atoms with van der Waals surface area (Å²) in [6.45, 7) is 0. The van der Waals surface area contributed by atoms with Crippen LogP contribution >= 0.6 is 0 Å². The average molecular weight is 146 g/mol. The highest BCUT2D eigenvalue weighted by molar-refractivity contribution is 5.73. The zero-order valence-corrected chi connectivity index (χ0v) is 6.41. The summed E-state index contributed by atoms with van der Waals surface area (Å²) in [5, 5.41) is 3.17. The molecule has 11 heavy (non-hydrogen) atoms. The molecule has 0 spiro atoms. The van der Waals surface area contributed by atoms with Crippen molar-refractivity contribution in [2.45, 2.75) is 0 Å². The Morgan fingerprint density at radius 2 is 2.09 bits per heavy atom. The summed E-state index contributed by atoms with van der Waals surface area (Å²) in [6.07, 6.45) is 3.94. The van der Waals surface area contributed by atoms with E-state index in [9.17, 15) is 0 Å². The van der Waals surface area contributed by atoms with E-state index in [0.29, 0.717) is 0 Å². The van der Waals surface area contributed by atoms with Crippen molar-refractivity contribution in [1.29, 1.82) is 0 Å². The molecule has 56 valence electrons. The molecule has 0 aromatic heterocycles. The molecule has 1 N–H and O–H groups in total. The average Bonchev–Trinajstić information content (AvgIpc) is 2.06. The van der Waals surface area contributed by atoms with Crippen LogP contribution in [0.1, 0.15) is 0 Å². The van der Waals surface area contributed by atoms with Gasteiger partial charge in [0.2, 0.25) is 0 Å². The molecule has 0 amide bonds. The van der Waals surface area contributed by atoms with Crippen LogP contribution in [0.3, 0.4) is 0 Å². The Balaban J connectivity index is 2.50. The van der Waals surface area contributed by atoms with Crippen LogP contribution in [0.5, 0.6) is 0 Å². The number of benzene rings is 1. The monoisotopic (exact) mass is 146 g/mol. The summed E-state index contributed by atoms with van der Waals surface area (Å²) in [5.74, 6) is 0. The second-order valence-corrected chi connectivity index (χ2v) is 2.59. The Labute approximate surface area is 66.1 Å².